The number of aromatic nitrogens is 1. The average molecular weight is 365 g/mol. The van der Waals surface area contributed by atoms with Crippen LogP contribution < -0.4 is 15.4 Å². The van der Waals surface area contributed by atoms with Crippen molar-refractivity contribution in [1.29, 1.82) is 0 Å². The van der Waals surface area contributed by atoms with Gasteiger partial charge in [-0.05, 0) is 42.5 Å². The predicted octanol–water partition coefficient (Wildman–Crippen LogP) is 2.92. The van der Waals surface area contributed by atoms with Gasteiger partial charge in [-0.25, -0.2) is 4.98 Å². The van der Waals surface area contributed by atoms with E-state index in [4.69, 9.17) is 11.2 Å². The van der Waals surface area contributed by atoms with E-state index in [0.717, 1.165) is 16.0 Å². The Bertz CT molecular complexity index is 1000. The Balaban J connectivity index is 1.71. The van der Waals surface area contributed by atoms with Crippen LogP contribution in [0.1, 0.15) is 20.7 Å². The van der Waals surface area contributed by atoms with Crippen molar-refractivity contribution in [1.82, 2.24) is 10.3 Å². The van der Waals surface area contributed by atoms with Crippen LogP contribution in [0.15, 0.2) is 42.5 Å². The monoisotopic (exact) mass is 365 g/mol. The van der Waals surface area contributed by atoms with Gasteiger partial charge in [0.05, 0.1) is 23.9 Å². The summed E-state index contributed by atoms with van der Waals surface area (Å²) in [4.78, 5) is 28.6. The number of thiazole rings is 1. The Morgan fingerprint density at radius 3 is 2.50 bits per heavy atom. The molecule has 0 atom stereocenters. The molecule has 2 amide bonds. The minimum Gasteiger partial charge on any atom is -0.497 e. The van der Waals surface area contributed by atoms with Gasteiger partial charge in [0.15, 0.2) is 5.13 Å². The van der Waals surface area contributed by atoms with Crippen molar-refractivity contribution in [2.24, 2.45) is 0 Å². The lowest BCUT2D eigenvalue weighted by Crippen LogP contribution is -2.23. The van der Waals surface area contributed by atoms with Crippen LogP contribution in [0.25, 0.3) is 10.2 Å². The summed E-state index contributed by atoms with van der Waals surface area (Å²) >= 11 is 1.36. The summed E-state index contributed by atoms with van der Waals surface area (Å²) in [5, 5.41) is 5.83. The number of rotatable bonds is 5. The first-order valence-electron chi connectivity index (χ1n) is 7.68. The predicted molar refractivity (Wildman–Crippen MR) is 102 cm³/mol. The first-order chi connectivity index (χ1) is 12.6. The Morgan fingerprint density at radius 1 is 1.15 bits per heavy atom. The van der Waals surface area contributed by atoms with Crippen LogP contribution in [0.5, 0.6) is 5.75 Å². The van der Waals surface area contributed by atoms with Crippen LogP contribution in [0.3, 0.4) is 0 Å². The van der Waals surface area contributed by atoms with E-state index in [0.29, 0.717) is 16.3 Å². The Labute approximate surface area is 154 Å². The maximum Gasteiger partial charge on any atom is 0.257 e. The molecule has 7 heteroatoms. The summed E-state index contributed by atoms with van der Waals surface area (Å²) in [6.07, 6.45) is 5.11. The molecular formula is C19H15N3O3S. The number of hydrogen-bond acceptors (Lipinski definition) is 5. The van der Waals surface area contributed by atoms with Gasteiger partial charge in [0, 0.05) is 11.1 Å². The van der Waals surface area contributed by atoms with Gasteiger partial charge in [0.1, 0.15) is 5.75 Å². The fraction of sp³-hybridized carbons (Fsp3) is 0.105. The summed E-state index contributed by atoms with van der Waals surface area (Å²) in [6.45, 7) is 0.156. The molecule has 3 aromatic rings. The molecule has 0 unspecified atom stereocenters. The van der Waals surface area contributed by atoms with Gasteiger partial charge in [-0.1, -0.05) is 17.3 Å². The van der Waals surface area contributed by atoms with Crippen molar-refractivity contribution < 1.29 is 14.3 Å². The Kier molecular flexibility index (Phi) is 5.15. The van der Waals surface area contributed by atoms with Crippen molar-refractivity contribution in [3.8, 4) is 18.1 Å². The molecule has 130 valence electrons. The third-order valence-corrected chi connectivity index (χ3v) is 4.51. The third-order valence-electron chi connectivity index (χ3n) is 3.58. The number of nitrogens with zero attached hydrogens (tertiary/aromatic N) is 1. The molecule has 26 heavy (non-hydrogen) atoms. The minimum atomic E-state index is -0.299. The maximum absolute atomic E-state index is 12.4. The van der Waals surface area contributed by atoms with E-state index in [1.54, 1.807) is 31.4 Å². The SMILES string of the molecule is C#CCNC(=O)c1ccc(C(=O)Nc2nc3ccc(OC)cc3s2)cc1. The highest BCUT2D eigenvalue weighted by Gasteiger charge is 2.12. The number of benzene rings is 2. The quantitative estimate of drug-likeness (QED) is 0.681. The van der Waals surface area contributed by atoms with Crippen molar-refractivity contribution in [2.45, 2.75) is 0 Å². The normalized spacial score (nSPS) is 10.2. The highest BCUT2D eigenvalue weighted by Crippen LogP contribution is 2.29. The molecule has 1 heterocycles. The van der Waals surface area contributed by atoms with Crippen LogP contribution in [0.2, 0.25) is 0 Å². The average Bonchev–Trinajstić information content (AvgIpc) is 3.07. The topological polar surface area (TPSA) is 80.3 Å². The smallest absolute Gasteiger partial charge is 0.257 e. The first-order valence-corrected chi connectivity index (χ1v) is 8.50. The van der Waals surface area contributed by atoms with Crippen LogP contribution in [0.4, 0.5) is 5.13 Å². The number of hydrogen-bond donors (Lipinski definition) is 2. The van der Waals surface area contributed by atoms with Gasteiger partial charge in [0.2, 0.25) is 0 Å². The van der Waals surface area contributed by atoms with E-state index >= 15 is 0 Å². The number of ether oxygens (including phenoxy) is 1. The Hall–Kier alpha value is -3.37. The van der Waals surface area contributed by atoms with Crippen LogP contribution >= 0.6 is 11.3 Å². The van der Waals surface area contributed by atoms with E-state index in [-0.39, 0.29) is 18.4 Å². The van der Waals surface area contributed by atoms with Gasteiger partial charge in [0.25, 0.3) is 11.8 Å². The number of nitrogens with one attached hydrogen (secondary N) is 2. The summed E-state index contributed by atoms with van der Waals surface area (Å²) in [5.41, 5.74) is 1.64. The van der Waals surface area contributed by atoms with Crippen LogP contribution in [-0.4, -0.2) is 30.5 Å². The fourth-order valence-electron chi connectivity index (χ4n) is 2.26. The Morgan fingerprint density at radius 2 is 1.85 bits per heavy atom. The van der Waals surface area contributed by atoms with E-state index in [1.807, 2.05) is 18.2 Å². The molecule has 0 radical (unpaired) electrons. The lowest BCUT2D eigenvalue weighted by molar-refractivity contribution is 0.0956. The van der Waals surface area contributed by atoms with Crippen molar-refractivity contribution in [3.63, 3.8) is 0 Å². The zero-order valence-corrected chi connectivity index (χ0v) is 14.7. The molecule has 0 aliphatic heterocycles. The van der Waals surface area contributed by atoms with E-state index in [1.165, 1.54) is 11.3 Å². The molecule has 0 spiro atoms. The molecule has 1 aromatic heterocycles. The van der Waals surface area contributed by atoms with Crippen molar-refractivity contribution >= 4 is 38.5 Å². The highest BCUT2D eigenvalue weighted by atomic mass is 32.1. The second kappa shape index (κ2) is 7.68. The summed E-state index contributed by atoms with van der Waals surface area (Å²) in [7, 11) is 1.60. The van der Waals surface area contributed by atoms with E-state index in [9.17, 15) is 9.59 Å². The number of fused-ring (bicyclic) bond motifs is 1. The molecule has 6 nitrogen and oxygen atoms in total. The number of terminal acetylenes is 1. The molecule has 2 N–H and O–H groups in total. The zero-order chi connectivity index (χ0) is 18.5. The molecule has 0 aliphatic rings. The van der Waals surface area contributed by atoms with E-state index < -0.39 is 0 Å². The number of carbonyl (C=O) groups excluding carboxylic acids is 2. The number of anilines is 1. The van der Waals surface area contributed by atoms with Gasteiger partial charge in [-0.15, -0.1) is 6.42 Å². The van der Waals surface area contributed by atoms with Crippen molar-refractivity contribution in [3.05, 3.63) is 53.6 Å². The fourth-order valence-corrected chi connectivity index (χ4v) is 3.15. The second-order valence-electron chi connectivity index (χ2n) is 5.27. The van der Waals surface area contributed by atoms with Gasteiger partial charge in [-0.2, -0.15) is 0 Å². The third kappa shape index (κ3) is 3.82. The van der Waals surface area contributed by atoms with Crippen molar-refractivity contribution in [2.75, 3.05) is 19.0 Å². The first kappa shape index (κ1) is 17.5. The lowest BCUT2D eigenvalue weighted by Gasteiger charge is -2.04. The lowest BCUT2D eigenvalue weighted by atomic mass is 10.1. The summed E-state index contributed by atoms with van der Waals surface area (Å²) in [6, 6.07) is 11.8. The molecule has 0 saturated carbocycles. The zero-order valence-electron chi connectivity index (χ0n) is 13.9. The molecule has 3 rings (SSSR count). The molecule has 0 bridgehead atoms. The number of carbonyl (C=O) groups is 2. The largest absolute Gasteiger partial charge is 0.497 e. The molecule has 0 fully saturated rings. The minimum absolute atomic E-state index is 0.156. The summed E-state index contributed by atoms with van der Waals surface area (Å²) < 4.78 is 6.10. The molecule has 2 aromatic carbocycles. The molecular weight excluding hydrogens is 350 g/mol. The second-order valence-corrected chi connectivity index (χ2v) is 6.30. The molecule has 0 saturated heterocycles. The highest BCUT2D eigenvalue weighted by molar-refractivity contribution is 7.22. The summed E-state index contributed by atoms with van der Waals surface area (Å²) in [5.74, 6) is 2.49. The number of amides is 2. The van der Waals surface area contributed by atoms with E-state index in [2.05, 4.69) is 21.5 Å². The van der Waals surface area contributed by atoms with Gasteiger partial charge >= 0.3 is 0 Å². The van der Waals surface area contributed by atoms with Gasteiger partial charge in [-0.3, -0.25) is 14.9 Å². The number of methoxy groups -OCH3 is 1. The van der Waals surface area contributed by atoms with Crippen LogP contribution in [0, 0.1) is 12.3 Å². The van der Waals surface area contributed by atoms with Crippen LogP contribution in [-0.2, 0) is 0 Å². The standard InChI is InChI=1S/C19H15N3O3S/c1-3-10-20-17(23)12-4-6-13(7-5-12)18(24)22-19-21-15-9-8-14(25-2)11-16(15)26-19/h1,4-9,11H,10H2,2H3,(H,20,23)(H,21,22,24). The van der Waals surface area contributed by atoms with Gasteiger partial charge < -0.3 is 10.1 Å². The maximum atomic E-state index is 12.4. The molecule has 0 aliphatic carbocycles.